The maximum atomic E-state index is 13.5. The Labute approximate surface area is 116 Å². The van der Waals surface area contributed by atoms with Crippen LogP contribution >= 0.6 is 0 Å². The van der Waals surface area contributed by atoms with Crippen molar-refractivity contribution in [2.24, 2.45) is 0 Å². The van der Waals surface area contributed by atoms with Gasteiger partial charge < -0.3 is 10.4 Å². The van der Waals surface area contributed by atoms with Gasteiger partial charge in [0.15, 0.2) is 5.82 Å². The summed E-state index contributed by atoms with van der Waals surface area (Å²) >= 11 is 0. The zero-order valence-corrected chi connectivity index (χ0v) is 11.0. The zero-order valence-electron chi connectivity index (χ0n) is 11.0. The van der Waals surface area contributed by atoms with Crippen LogP contribution in [0.25, 0.3) is 0 Å². The Morgan fingerprint density at radius 3 is 2.65 bits per heavy atom. The summed E-state index contributed by atoms with van der Waals surface area (Å²) in [6.07, 6.45) is 2.32. The molecular formula is C15H15FN2O2. The molecule has 5 heteroatoms. The average Bonchev–Trinajstić information content (AvgIpc) is 2.48. The van der Waals surface area contributed by atoms with Gasteiger partial charge in [-0.05, 0) is 18.6 Å². The smallest absolute Gasteiger partial charge is 0.255 e. The topological polar surface area (TPSA) is 62.2 Å². The van der Waals surface area contributed by atoms with Crippen molar-refractivity contribution >= 4 is 5.91 Å². The first kappa shape index (κ1) is 14.1. The van der Waals surface area contributed by atoms with Crippen LogP contribution in [0.4, 0.5) is 4.39 Å². The third-order valence-corrected chi connectivity index (χ3v) is 3.13. The lowest BCUT2D eigenvalue weighted by atomic mass is 9.92. The molecule has 1 heterocycles. The number of aromatic nitrogens is 1. The summed E-state index contributed by atoms with van der Waals surface area (Å²) in [5, 5.41) is 12.2. The molecule has 0 aliphatic carbocycles. The number of benzene rings is 1. The largest absolute Gasteiger partial charge is 0.394 e. The summed E-state index contributed by atoms with van der Waals surface area (Å²) < 4.78 is 13.5. The predicted molar refractivity (Wildman–Crippen MR) is 72.5 cm³/mol. The summed E-state index contributed by atoms with van der Waals surface area (Å²) in [5.41, 5.74) is -0.338. The van der Waals surface area contributed by atoms with Crippen LogP contribution in [0.1, 0.15) is 22.8 Å². The first-order chi connectivity index (χ1) is 9.57. The first-order valence-electron chi connectivity index (χ1n) is 6.15. The molecular weight excluding hydrogens is 259 g/mol. The molecule has 20 heavy (non-hydrogen) atoms. The molecule has 2 rings (SSSR count). The van der Waals surface area contributed by atoms with Gasteiger partial charge in [0.25, 0.3) is 5.91 Å². The molecule has 1 aromatic carbocycles. The number of hydrogen-bond donors (Lipinski definition) is 2. The minimum absolute atomic E-state index is 0.101. The van der Waals surface area contributed by atoms with Crippen molar-refractivity contribution in [1.82, 2.24) is 10.3 Å². The van der Waals surface area contributed by atoms with Crippen LogP contribution in [-0.2, 0) is 5.54 Å². The highest BCUT2D eigenvalue weighted by Crippen LogP contribution is 2.20. The maximum absolute atomic E-state index is 13.5. The monoisotopic (exact) mass is 274 g/mol. The van der Waals surface area contributed by atoms with Crippen LogP contribution < -0.4 is 5.32 Å². The lowest BCUT2D eigenvalue weighted by Crippen LogP contribution is -2.46. The SMILES string of the molecule is CC(CO)(NC(=O)c1ccncc1F)c1ccccc1. The highest BCUT2D eigenvalue weighted by molar-refractivity contribution is 5.94. The van der Waals surface area contributed by atoms with Gasteiger partial charge in [-0.2, -0.15) is 0 Å². The molecule has 104 valence electrons. The van der Waals surface area contributed by atoms with Gasteiger partial charge in [-0.15, -0.1) is 0 Å². The number of carbonyl (C=O) groups is 1. The van der Waals surface area contributed by atoms with Gasteiger partial charge in [0.2, 0.25) is 0 Å². The van der Waals surface area contributed by atoms with Crippen molar-refractivity contribution < 1.29 is 14.3 Å². The number of rotatable bonds is 4. The number of nitrogens with zero attached hydrogens (tertiary/aromatic N) is 1. The number of hydrogen-bond acceptors (Lipinski definition) is 3. The Hall–Kier alpha value is -2.27. The molecule has 0 radical (unpaired) electrons. The van der Waals surface area contributed by atoms with E-state index >= 15 is 0 Å². The van der Waals surface area contributed by atoms with Gasteiger partial charge >= 0.3 is 0 Å². The molecule has 1 unspecified atom stereocenters. The fourth-order valence-electron chi connectivity index (χ4n) is 1.89. The van der Waals surface area contributed by atoms with E-state index in [4.69, 9.17) is 0 Å². The van der Waals surface area contributed by atoms with Gasteiger partial charge in [0.05, 0.1) is 23.9 Å². The molecule has 0 aliphatic rings. The van der Waals surface area contributed by atoms with Crippen molar-refractivity contribution in [3.05, 3.63) is 65.7 Å². The van der Waals surface area contributed by atoms with Gasteiger partial charge in [0.1, 0.15) is 0 Å². The Kier molecular flexibility index (Phi) is 4.10. The average molecular weight is 274 g/mol. The number of amides is 1. The Bertz CT molecular complexity index is 604. The van der Waals surface area contributed by atoms with Crippen LogP contribution in [0.3, 0.4) is 0 Å². The first-order valence-corrected chi connectivity index (χ1v) is 6.15. The normalized spacial score (nSPS) is 13.6. The second-order valence-electron chi connectivity index (χ2n) is 4.67. The van der Waals surface area contributed by atoms with E-state index in [1.165, 1.54) is 12.3 Å². The number of carbonyl (C=O) groups excluding carboxylic acids is 1. The van der Waals surface area contributed by atoms with Crippen LogP contribution in [-0.4, -0.2) is 22.6 Å². The van der Waals surface area contributed by atoms with E-state index in [1.54, 1.807) is 19.1 Å². The quantitative estimate of drug-likeness (QED) is 0.894. The third kappa shape index (κ3) is 2.83. The molecule has 0 bridgehead atoms. The number of pyridine rings is 1. The van der Waals surface area contributed by atoms with Crippen molar-refractivity contribution in [2.45, 2.75) is 12.5 Å². The molecule has 1 amide bonds. The van der Waals surface area contributed by atoms with Crippen LogP contribution in [0.5, 0.6) is 0 Å². The van der Waals surface area contributed by atoms with E-state index in [9.17, 15) is 14.3 Å². The molecule has 0 fully saturated rings. The highest BCUT2D eigenvalue weighted by atomic mass is 19.1. The highest BCUT2D eigenvalue weighted by Gasteiger charge is 2.28. The van der Waals surface area contributed by atoms with Crippen LogP contribution in [0, 0.1) is 5.82 Å². The van der Waals surface area contributed by atoms with Gasteiger partial charge in [-0.3, -0.25) is 9.78 Å². The molecule has 2 aromatic rings. The fraction of sp³-hybridized carbons (Fsp3) is 0.200. The lowest BCUT2D eigenvalue weighted by molar-refractivity contribution is 0.0845. The molecule has 1 atom stereocenters. The number of aliphatic hydroxyl groups excluding tert-OH is 1. The van der Waals surface area contributed by atoms with Gasteiger partial charge in [-0.1, -0.05) is 30.3 Å². The molecule has 2 N–H and O–H groups in total. The molecule has 0 spiro atoms. The van der Waals surface area contributed by atoms with Crippen molar-refractivity contribution in [3.8, 4) is 0 Å². The molecule has 0 aliphatic heterocycles. The molecule has 4 nitrogen and oxygen atoms in total. The van der Waals surface area contributed by atoms with Crippen molar-refractivity contribution in [1.29, 1.82) is 0 Å². The van der Waals surface area contributed by atoms with E-state index in [2.05, 4.69) is 10.3 Å². The zero-order chi connectivity index (χ0) is 14.6. The number of nitrogens with one attached hydrogen (secondary N) is 1. The van der Waals surface area contributed by atoms with E-state index < -0.39 is 17.3 Å². The summed E-state index contributed by atoms with van der Waals surface area (Å²) in [5.74, 6) is -1.29. The Morgan fingerprint density at radius 1 is 1.35 bits per heavy atom. The standard InChI is InChI=1S/C15H15FN2O2/c1-15(10-19,11-5-3-2-4-6-11)18-14(20)12-7-8-17-9-13(12)16/h2-9,19H,10H2,1H3,(H,18,20). The summed E-state index contributed by atoms with van der Waals surface area (Å²) in [4.78, 5) is 15.7. The Balaban J connectivity index is 2.27. The Morgan fingerprint density at radius 2 is 2.05 bits per heavy atom. The van der Waals surface area contributed by atoms with Gasteiger partial charge in [-0.25, -0.2) is 4.39 Å². The van der Waals surface area contributed by atoms with E-state index in [0.29, 0.717) is 0 Å². The van der Waals surface area contributed by atoms with Crippen molar-refractivity contribution in [3.63, 3.8) is 0 Å². The molecule has 0 saturated heterocycles. The minimum Gasteiger partial charge on any atom is -0.394 e. The maximum Gasteiger partial charge on any atom is 0.255 e. The fourth-order valence-corrected chi connectivity index (χ4v) is 1.89. The van der Waals surface area contributed by atoms with Gasteiger partial charge in [0, 0.05) is 6.20 Å². The lowest BCUT2D eigenvalue weighted by Gasteiger charge is -2.29. The summed E-state index contributed by atoms with van der Waals surface area (Å²) in [6, 6.07) is 10.3. The molecule has 0 saturated carbocycles. The van der Waals surface area contributed by atoms with E-state index in [-0.39, 0.29) is 12.2 Å². The second kappa shape index (κ2) is 5.79. The van der Waals surface area contributed by atoms with Crippen LogP contribution in [0.2, 0.25) is 0 Å². The number of aliphatic hydroxyl groups is 1. The van der Waals surface area contributed by atoms with Crippen molar-refractivity contribution in [2.75, 3.05) is 6.61 Å². The van der Waals surface area contributed by atoms with E-state index in [1.807, 2.05) is 18.2 Å². The second-order valence-corrected chi connectivity index (χ2v) is 4.67. The van der Waals surface area contributed by atoms with Crippen LogP contribution in [0.15, 0.2) is 48.8 Å². The summed E-state index contributed by atoms with van der Waals surface area (Å²) in [7, 11) is 0. The minimum atomic E-state index is -0.978. The third-order valence-electron chi connectivity index (χ3n) is 3.13. The summed E-state index contributed by atoms with van der Waals surface area (Å²) in [6.45, 7) is 1.38. The van der Waals surface area contributed by atoms with E-state index in [0.717, 1.165) is 11.8 Å². The number of halogens is 1. The molecule has 1 aromatic heterocycles. The predicted octanol–water partition coefficient (Wildman–Crippen LogP) is 1.86.